The number of hydrogen-bond acceptors (Lipinski definition) is 1. The summed E-state index contributed by atoms with van der Waals surface area (Å²) in [5.41, 5.74) is 0.656. The fourth-order valence-corrected chi connectivity index (χ4v) is 7.04. The van der Waals surface area contributed by atoms with Gasteiger partial charge in [-0.05, 0) is 86.4 Å². The SMILES string of the molecule is CC(C)CC1(CNC2C3CC4CC(C3)CC2C4)CCCC1. The number of rotatable bonds is 5. The standard InChI is InChI=1S/C20H35N/c1-14(2)12-20(5-3-4-6-20)13-21-19-17-8-15-7-16(10-17)11-18(19)9-15/h14-19,21H,3-13H2,1-2H3. The van der Waals surface area contributed by atoms with Crippen LogP contribution < -0.4 is 5.32 Å². The maximum absolute atomic E-state index is 4.15. The molecule has 4 bridgehead atoms. The van der Waals surface area contributed by atoms with Gasteiger partial charge in [0.2, 0.25) is 0 Å². The Labute approximate surface area is 131 Å². The molecule has 5 fully saturated rings. The van der Waals surface area contributed by atoms with Crippen LogP contribution in [0, 0.1) is 35.0 Å². The Hall–Kier alpha value is -0.0400. The predicted molar refractivity (Wildman–Crippen MR) is 89.2 cm³/mol. The van der Waals surface area contributed by atoms with Crippen LogP contribution in [0.25, 0.3) is 0 Å². The average Bonchev–Trinajstić information content (AvgIpc) is 2.85. The summed E-state index contributed by atoms with van der Waals surface area (Å²) in [5.74, 6) is 5.17. The van der Waals surface area contributed by atoms with Gasteiger partial charge in [0.15, 0.2) is 0 Å². The molecule has 0 aromatic heterocycles. The molecule has 0 unspecified atom stereocenters. The molecule has 0 radical (unpaired) electrons. The van der Waals surface area contributed by atoms with Crippen molar-refractivity contribution in [1.29, 1.82) is 0 Å². The first kappa shape index (κ1) is 14.5. The second kappa shape index (κ2) is 5.55. The van der Waals surface area contributed by atoms with Crippen LogP contribution in [0.4, 0.5) is 0 Å². The topological polar surface area (TPSA) is 12.0 Å². The lowest BCUT2D eigenvalue weighted by Crippen LogP contribution is -2.56. The van der Waals surface area contributed by atoms with Crippen LogP contribution >= 0.6 is 0 Å². The van der Waals surface area contributed by atoms with Crippen molar-refractivity contribution in [3.8, 4) is 0 Å². The van der Waals surface area contributed by atoms with E-state index in [1.165, 1.54) is 38.6 Å². The van der Waals surface area contributed by atoms with E-state index in [0.717, 1.165) is 35.6 Å². The van der Waals surface area contributed by atoms with Crippen LogP contribution in [0.15, 0.2) is 0 Å². The molecule has 5 aliphatic rings. The molecule has 120 valence electrons. The van der Waals surface area contributed by atoms with Gasteiger partial charge < -0.3 is 5.32 Å². The van der Waals surface area contributed by atoms with Crippen LogP contribution in [-0.4, -0.2) is 12.6 Å². The smallest absolute Gasteiger partial charge is 0.0124 e. The monoisotopic (exact) mass is 289 g/mol. The van der Waals surface area contributed by atoms with E-state index in [1.807, 2.05) is 0 Å². The molecule has 0 atom stereocenters. The molecular formula is C20H35N. The van der Waals surface area contributed by atoms with Crippen LogP contribution in [0.3, 0.4) is 0 Å². The van der Waals surface area contributed by atoms with Crippen molar-refractivity contribution in [2.24, 2.45) is 35.0 Å². The summed E-state index contributed by atoms with van der Waals surface area (Å²) < 4.78 is 0. The van der Waals surface area contributed by atoms with Gasteiger partial charge in [0.1, 0.15) is 0 Å². The highest BCUT2D eigenvalue weighted by molar-refractivity contribution is 5.02. The van der Waals surface area contributed by atoms with Gasteiger partial charge in [-0.15, -0.1) is 0 Å². The third-order valence-corrected chi connectivity index (χ3v) is 7.44. The zero-order valence-corrected chi connectivity index (χ0v) is 14.2. The molecule has 1 nitrogen and oxygen atoms in total. The van der Waals surface area contributed by atoms with Crippen LogP contribution in [0.1, 0.15) is 78.1 Å². The second-order valence-corrected chi connectivity index (χ2v) is 9.64. The van der Waals surface area contributed by atoms with E-state index in [0.29, 0.717) is 5.41 Å². The van der Waals surface area contributed by atoms with Crippen LogP contribution in [0.5, 0.6) is 0 Å². The molecule has 0 amide bonds. The fraction of sp³-hybridized carbons (Fsp3) is 1.00. The van der Waals surface area contributed by atoms with Gasteiger partial charge in [-0.3, -0.25) is 0 Å². The molecule has 0 saturated heterocycles. The van der Waals surface area contributed by atoms with Gasteiger partial charge in [-0.1, -0.05) is 26.7 Å². The summed E-state index contributed by atoms with van der Waals surface area (Å²) in [6, 6.07) is 0.891. The molecule has 5 rings (SSSR count). The van der Waals surface area contributed by atoms with E-state index >= 15 is 0 Å². The van der Waals surface area contributed by atoms with E-state index in [1.54, 1.807) is 32.1 Å². The minimum atomic E-state index is 0.656. The average molecular weight is 290 g/mol. The van der Waals surface area contributed by atoms with E-state index in [-0.39, 0.29) is 0 Å². The zero-order chi connectivity index (χ0) is 14.4. The Morgan fingerprint density at radius 1 is 0.905 bits per heavy atom. The van der Waals surface area contributed by atoms with Crippen molar-refractivity contribution in [3.05, 3.63) is 0 Å². The van der Waals surface area contributed by atoms with Crippen molar-refractivity contribution in [2.75, 3.05) is 6.54 Å². The first-order valence-electron chi connectivity index (χ1n) is 9.87. The summed E-state index contributed by atoms with van der Waals surface area (Å²) in [4.78, 5) is 0. The lowest BCUT2D eigenvalue weighted by molar-refractivity contribution is -0.0179. The maximum Gasteiger partial charge on any atom is 0.0124 e. The summed E-state index contributed by atoms with van der Waals surface area (Å²) >= 11 is 0. The van der Waals surface area contributed by atoms with Crippen molar-refractivity contribution in [2.45, 2.75) is 84.1 Å². The summed E-state index contributed by atoms with van der Waals surface area (Å²) in [6.45, 7) is 6.17. The molecule has 0 aliphatic heterocycles. The fourth-order valence-electron chi connectivity index (χ4n) is 7.04. The van der Waals surface area contributed by atoms with Crippen LogP contribution in [0.2, 0.25) is 0 Å². The van der Waals surface area contributed by atoms with E-state index < -0.39 is 0 Å². The van der Waals surface area contributed by atoms with Gasteiger partial charge in [0.05, 0.1) is 0 Å². The van der Waals surface area contributed by atoms with E-state index in [4.69, 9.17) is 0 Å². The lowest BCUT2D eigenvalue weighted by atomic mass is 9.54. The second-order valence-electron chi connectivity index (χ2n) is 9.64. The highest BCUT2D eigenvalue weighted by atomic mass is 15.0. The molecule has 21 heavy (non-hydrogen) atoms. The van der Waals surface area contributed by atoms with E-state index in [9.17, 15) is 0 Å². The molecule has 0 spiro atoms. The van der Waals surface area contributed by atoms with Crippen molar-refractivity contribution in [3.63, 3.8) is 0 Å². The quantitative estimate of drug-likeness (QED) is 0.750. The molecule has 0 aromatic carbocycles. The highest BCUT2D eigenvalue weighted by Crippen LogP contribution is 2.54. The Morgan fingerprint density at radius 2 is 1.48 bits per heavy atom. The largest absolute Gasteiger partial charge is 0.313 e. The molecule has 0 aromatic rings. The first-order chi connectivity index (χ1) is 10.1. The molecule has 5 aliphatic carbocycles. The molecule has 5 saturated carbocycles. The Kier molecular flexibility index (Phi) is 3.84. The minimum Gasteiger partial charge on any atom is -0.313 e. The highest BCUT2D eigenvalue weighted by Gasteiger charge is 2.48. The van der Waals surface area contributed by atoms with Crippen molar-refractivity contribution < 1.29 is 0 Å². The van der Waals surface area contributed by atoms with Crippen LogP contribution in [-0.2, 0) is 0 Å². The van der Waals surface area contributed by atoms with Crippen molar-refractivity contribution in [1.82, 2.24) is 5.32 Å². The van der Waals surface area contributed by atoms with Crippen molar-refractivity contribution >= 4 is 0 Å². The van der Waals surface area contributed by atoms with Gasteiger partial charge >= 0.3 is 0 Å². The van der Waals surface area contributed by atoms with Gasteiger partial charge in [-0.25, -0.2) is 0 Å². The Morgan fingerprint density at radius 3 is 2.00 bits per heavy atom. The minimum absolute atomic E-state index is 0.656. The summed E-state index contributed by atoms with van der Waals surface area (Å²) in [7, 11) is 0. The number of hydrogen-bond donors (Lipinski definition) is 1. The zero-order valence-electron chi connectivity index (χ0n) is 14.2. The van der Waals surface area contributed by atoms with Gasteiger partial charge in [-0.2, -0.15) is 0 Å². The maximum atomic E-state index is 4.15. The third kappa shape index (κ3) is 2.80. The first-order valence-corrected chi connectivity index (χ1v) is 9.87. The predicted octanol–water partition coefficient (Wildman–Crippen LogP) is 5.01. The molecule has 1 N–H and O–H groups in total. The van der Waals surface area contributed by atoms with E-state index in [2.05, 4.69) is 19.2 Å². The summed E-state index contributed by atoms with van der Waals surface area (Å²) in [5, 5.41) is 4.15. The molecule has 0 heterocycles. The molecular weight excluding hydrogens is 254 g/mol. The third-order valence-electron chi connectivity index (χ3n) is 7.44. The summed E-state index contributed by atoms with van der Waals surface area (Å²) in [6.07, 6.45) is 15.2. The van der Waals surface area contributed by atoms with Gasteiger partial charge in [0.25, 0.3) is 0 Å². The molecule has 1 heteroatoms. The Bertz CT molecular complexity index is 338. The lowest BCUT2D eigenvalue weighted by Gasteiger charge is -2.55. The normalized spacial score (nSPS) is 43.9. The Balaban J connectivity index is 1.39. The number of nitrogens with one attached hydrogen (secondary N) is 1. The van der Waals surface area contributed by atoms with Gasteiger partial charge in [0, 0.05) is 12.6 Å².